The number of benzene rings is 1. The maximum atomic E-state index is 9.11. The van der Waals surface area contributed by atoms with Crippen molar-refractivity contribution >= 4 is 11.6 Å². The third-order valence-electron chi connectivity index (χ3n) is 3.70. The summed E-state index contributed by atoms with van der Waals surface area (Å²) in [6, 6.07) is 11.5. The first-order chi connectivity index (χ1) is 9.98. The van der Waals surface area contributed by atoms with Gasteiger partial charge in [0.1, 0.15) is 11.4 Å². The maximum absolute atomic E-state index is 9.11. The molecular weight excluding hydrogens is 284 g/mol. The molecule has 2 aromatic rings. The van der Waals surface area contributed by atoms with Gasteiger partial charge >= 0.3 is 0 Å². The van der Waals surface area contributed by atoms with Crippen molar-refractivity contribution in [3.63, 3.8) is 0 Å². The predicted molar refractivity (Wildman–Crippen MR) is 81.6 cm³/mol. The molecule has 1 aromatic carbocycles. The van der Waals surface area contributed by atoms with Crippen molar-refractivity contribution in [1.82, 2.24) is 4.98 Å². The van der Waals surface area contributed by atoms with Crippen LogP contribution < -0.4 is 4.74 Å². The summed E-state index contributed by atoms with van der Waals surface area (Å²) in [6.07, 6.45) is 2.47. The van der Waals surface area contributed by atoms with Gasteiger partial charge in [-0.1, -0.05) is 11.6 Å². The van der Waals surface area contributed by atoms with Crippen LogP contribution in [-0.4, -0.2) is 10.6 Å². The highest BCUT2D eigenvalue weighted by molar-refractivity contribution is 6.30. The smallest absolute Gasteiger partial charge is 0.124 e. The van der Waals surface area contributed by atoms with Gasteiger partial charge in [0.25, 0.3) is 0 Å². The Labute approximate surface area is 129 Å². The molecule has 0 fully saturated rings. The monoisotopic (exact) mass is 298 g/mol. The van der Waals surface area contributed by atoms with Gasteiger partial charge in [0.05, 0.1) is 16.7 Å². The molecule has 1 unspecified atom stereocenters. The number of ether oxygens (including phenoxy) is 1. The van der Waals surface area contributed by atoms with Crippen LogP contribution in [0, 0.1) is 11.3 Å². The van der Waals surface area contributed by atoms with Crippen molar-refractivity contribution in [2.75, 3.05) is 0 Å². The largest absolute Gasteiger partial charge is 0.488 e. The first-order valence-electron chi connectivity index (χ1n) is 6.83. The zero-order valence-electron chi connectivity index (χ0n) is 11.9. The number of halogens is 1. The van der Waals surface area contributed by atoms with Crippen LogP contribution in [0.5, 0.6) is 5.75 Å². The maximum Gasteiger partial charge on any atom is 0.124 e. The molecule has 1 aromatic heterocycles. The number of aromatic nitrogens is 1. The molecule has 106 valence electrons. The average Bonchev–Trinajstić information content (AvgIpc) is 2.46. The zero-order valence-corrected chi connectivity index (χ0v) is 12.7. The molecule has 1 atom stereocenters. The van der Waals surface area contributed by atoms with E-state index in [1.807, 2.05) is 24.3 Å². The fourth-order valence-electron chi connectivity index (χ4n) is 2.78. The van der Waals surface area contributed by atoms with E-state index in [1.54, 1.807) is 12.3 Å². The van der Waals surface area contributed by atoms with E-state index >= 15 is 0 Å². The highest BCUT2D eigenvalue weighted by Crippen LogP contribution is 2.43. The molecule has 0 amide bonds. The minimum atomic E-state index is -0.271. The van der Waals surface area contributed by atoms with Gasteiger partial charge in [0.2, 0.25) is 0 Å². The van der Waals surface area contributed by atoms with Crippen molar-refractivity contribution < 1.29 is 4.74 Å². The minimum absolute atomic E-state index is 0.106. The SMILES string of the molecule is CC1(C)CC(c2ccc(Cl)cn2)c2cc(C#N)ccc2O1. The highest BCUT2D eigenvalue weighted by atomic mass is 35.5. The fraction of sp³-hybridized carbons (Fsp3) is 0.294. The van der Waals surface area contributed by atoms with Gasteiger partial charge in [-0.15, -0.1) is 0 Å². The van der Waals surface area contributed by atoms with E-state index in [0.717, 1.165) is 23.4 Å². The van der Waals surface area contributed by atoms with Crippen LogP contribution in [0.15, 0.2) is 36.5 Å². The normalized spacial score (nSPS) is 19.2. The second kappa shape index (κ2) is 5.05. The molecule has 4 heteroatoms. The van der Waals surface area contributed by atoms with E-state index in [4.69, 9.17) is 21.6 Å². The summed E-state index contributed by atoms with van der Waals surface area (Å²) < 4.78 is 6.03. The number of nitriles is 1. The van der Waals surface area contributed by atoms with Crippen LogP contribution in [-0.2, 0) is 0 Å². The highest BCUT2D eigenvalue weighted by Gasteiger charge is 2.35. The molecule has 21 heavy (non-hydrogen) atoms. The first-order valence-corrected chi connectivity index (χ1v) is 7.21. The third-order valence-corrected chi connectivity index (χ3v) is 3.93. The Morgan fingerprint density at radius 2 is 2.14 bits per heavy atom. The first kappa shape index (κ1) is 13.9. The lowest BCUT2D eigenvalue weighted by Crippen LogP contribution is -2.35. The van der Waals surface area contributed by atoms with Gasteiger partial charge in [-0.2, -0.15) is 5.26 Å². The Kier molecular flexibility index (Phi) is 3.35. The summed E-state index contributed by atoms with van der Waals surface area (Å²) in [6.45, 7) is 4.13. The molecule has 0 saturated carbocycles. The second-order valence-corrected chi connectivity index (χ2v) is 6.32. The van der Waals surface area contributed by atoms with Gasteiger partial charge < -0.3 is 4.74 Å². The Morgan fingerprint density at radius 3 is 2.81 bits per heavy atom. The van der Waals surface area contributed by atoms with Crippen molar-refractivity contribution in [2.24, 2.45) is 0 Å². The molecule has 0 bridgehead atoms. The molecular formula is C17H15ClN2O. The molecule has 1 aliphatic heterocycles. The van der Waals surface area contributed by atoms with E-state index in [1.165, 1.54) is 0 Å². The van der Waals surface area contributed by atoms with E-state index in [-0.39, 0.29) is 11.5 Å². The number of pyridine rings is 1. The van der Waals surface area contributed by atoms with E-state index in [0.29, 0.717) is 10.6 Å². The standard InChI is InChI=1S/C17H15ClN2O/c1-17(2)8-14(15-5-4-12(18)10-20-15)13-7-11(9-19)3-6-16(13)21-17/h3-7,10,14H,8H2,1-2H3. The Balaban J connectivity index is 2.12. The molecule has 3 nitrogen and oxygen atoms in total. The molecule has 0 radical (unpaired) electrons. The summed E-state index contributed by atoms with van der Waals surface area (Å²) in [4.78, 5) is 4.45. The van der Waals surface area contributed by atoms with Gasteiger partial charge in [-0.25, -0.2) is 0 Å². The molecule has 0 N–H and O–H groups in total. The molecule has 0 aliphatic carbocycles. The minimum Gasteiger partial charge on any atom is -0.488 e. The molecule has 0 spiro atoms. The molecule has 3 rings (SSSR count). The number of hydrogen-bond acceptors (Lipinski definition) is 3. The lowest BCUT2D eigenvalue weighted by Gasteiger charge is -2.37. The lowest BCUT2D eigenvalue weighted by atomic mass is 9.81. The number of rotatable bonds is 1. The van der Waals surface area contributed by atoms with Crippen LogP contribution in [0.2, 0.25) is 5.02 Å². The summed E-state index contributed by atoms with van der Waals surface area (Å²) in [5.41, 5.74) is 2.33. The number of nitrogens with zero attached hydrogens (tertiary/aromatic N) is 2. The number of fused-ring (bicyclic) bond motifs is 1. The van der Waals surface area contributed by atoms with E-state index in [9.17, 15) is 0 Å². The average molecular weight is 299 g/mol. The quantitative estimate of drug-likeness (QED) is 0.788. The third kappa shape index (κ3) is 2.72. The van der Waals surface area contributed by atoms with Crippen LogP contribution in [0.4, 0.5) is 0 Å². The van der Waals surface area contributed by atoms with Gasteiger partial charge in [-0.3, -0.25) is 4.98 Å². The van der Waals surface area contributed by atoms with Crippen LogP contribution in [0.25, 0.3) is 0 Å². The molecule has 2 heterocycles. The van der Waals surface area contributed by atoms with E-state index < -0.39 is 0 Å². The lowest BCUT2D eigenvalue weighted by molar-refractivity contribution is 0.0769. The zero-order chi connectivity index (χ0) is 15.0. The van der Waals surface area contributed by atoms with Gasteiger partial charge in [-0.05, 0) is 50.6 Å². The van der Waals surface area contributed by atoms with Crippen molar-refractivity contribution in [2.45, 2.75) is 31.8 Å². The predicted octanol–water partition coefficient (Wildman–Crippen LogP) is 4.30. The summed E-state index contributed by atoms with van der Waals surface area (Å²) in [5, 5.41) is 9.73. The summed E-state index contributed by atoms with van der Waals surface area (Å²) in [5.74, 6) is 0.932. The van der Waals surface area contributed by atoms with E-state index in [2.05, 4.69) is 24.9 Å². The summed E-state index contributed by atoms with van der Waals surface area (Å²) >= 11 is 5.92. The van der Waals surface area contributed by atoms with Crippen LogP contribution in [0.1, 0.15) is 43.0 Å². The van der Waals surface area contributed by atoms with Crippen LogP contribution in [0.3, 0.4) is 0 Å². The second-order valence-electron chi connectivity index (χ2n) is 5.88. The van der Waals surface area contributed by atoms with Crippen molar-refractivity contribution in [3.8, 4) is 11.8 Å². The molecule has 0 saturated heterocycles. The fourth-order valence-corrected chi connectivity index (χ4v) is 2.89. The van der Waals surface area contributed by atoms with Crippen LogP contribution >= 0.6 is 11.6 Å². The molecule has 1 aliphatic rings. The van der Waals surface area contributed by atoms with Gasteiger partial charge in [0, 0.05) is 23.4 Å². The Bertz CT molecular complexity index is 717. The van der Waals surface area contributed by atoms with Gasteiger partial charge in [0.15, 0.2) is 0 Å². The Hall–Kier alpha value is -2.05. The van der Waals surface area contributed by atoms with Crippen molar-refractivity contribution in [3.05, 3.63) is 58.4 Å². The topological polar surface area (TPSA) is 45.9 Å². The number of hydrogen-bond donors (Lipinski definition) is 0. The summed E-state index contributed by atoms with van der Waals surface area (Å²) in [7, 11) is 0. The van der Waals surface area contributed by atoms with Crippen molar-refractivity contribution in [1.29, 1.82) is 5.26 Å². The Morgan fingerprint density at radius 1 is 1.33 bits per heavy atom.